The van der Waals surface area contributed by atoms with Crippen LogP contribution in [0.4, 0.5) is 5.69 Å². The Labute approximate surface area is 224 Å². The summed E-state index contributed by atoms with van der Waals surface area (Å²) in [6.07, 6.45) is 3.09. The average Bonchev–Trinajstić information content (AvgIpc) is 2.84. The van der Waals surface area contributed by atoms with E-state index < -0.39 is 16.1 Å². The first-order valence-electron chi connectivity index (χ1n) is 12.1. The van der Waals surface area contributed by atoms with Gasteiger partial charge in [0.1, 0.15) is 6.04 Å². The third-order valence-electron chi connectivity index (χ3n) is 5.89. The average molecular weight is 557 g/mol. The number of nitrogens with zero attached hydrogens (tertiary/aromatic N) is 2. The van der Waals surface area contributed by atoms with Crippen molar-refractivity contribution in [2.45, 2.75) is 59.0 Å². The molecule has 0 aliphatic carbocycles. The van der Waals surface area contributed by atoms with E-state index in [1.165, 1.54) is 9.21 Å². The van der Waals surface area contributed by atoms with Gasteiger partial charge in [0.2, 0.25) is 21.8 Å². The Balaban J connectivity index is 2.20. The van der Waals surface area contributed by atoms with Crippen molar-refractivity contribution in [2.75, 3.05) is 23.7 Å². The van der Waals surface area contributed by atoms with Gasteiger partial charge in [-0.25, -0.2) is 8.42 Å². The van der Waals surface area contributed by atoms with E-state index in [4.69, 9.17) is 23.2 Å². The van der Waals surface area contributed by atoms with E-state index in [0.29, 0.717) is 27.8 Å². The van der Waals surface area contributed by atoms with Crippen molar-refractivity contribution in [1.82, 2.24) is 10.2 Å². The first-order chi connectivity index (χ1) is 17.0. The van der Waals surface area contributed by atoms with Crippen molar-refractivity contribution < 1.29 is 18.0 Å². The molecule has 0 heterocycles. The molecular weight excluding hydrogens is 521 g/mol. The summed E-state index contributed by atoms with van der Waals surface area (Å²) in [5.74, 6) is -0.568. The zero-order valence-corrected chi connectivity index (χ0v) is 23.6. The van der Waals surface area contributed by atoms with Gasteiger partial charge in [-0.15, -0.1) is 0 Å². The number of amides is 2. The van der Waals surface area contributed by atoms with Crippen LogP contribution in [0.5, 0.6) is 0 Å². The summed E-state index contributed by atoms with van der Waals surface area (Å²) in [5.41, 5.74) is 2.21. The molecule has 0 saturated heterocycles. The molecule has 0 aromatic heterocycles. The summed E-state index contributed by atoms with van der Waals surface area (Å²) < 4.78 is 26.2. The van der Waals surface area contributed by atoms with Crippen LogP contribution >= 0.6 is 23.2 Å². The van der Waals surface area contributed by atoms with Gasteiger partial charge in [-0.2, -0.15) is 0 Å². The Morgan fingerprint density at radius 2 is 1.64 bits per heavy atom. The second kappa shape index (κ2) is 13.9. The molecule has 2 amide bonds. The molecule has 1 atom stereocenters. The van der Waals surface area contributed by atoms with Crippen LogP contribution < -0.4 is 9.62 Å². The van der Waals surface area contributed by atoms with Crippen molar-refractivity contribution in [1.29, 1.82) is 0 Å². The predicted molar refractivity (Wildman–Crippen MR) is 147 cm³/mol. The van der Waals surface area contributed by atoms with Crippen LogP contribution in [0.15, 0.2) is 42.5 Å². The summed E-state index contributed by atoms with van der Waals surface area (Å²) in [5, 5.41) is 3.63. The molecule has 1 unspecified atom stereocenters. The maximum absolute atomic E-state index is 13.3. The lowest BCUT2D eigenvalue weighted by Crippen LogP contribution is -2.48. The van der Waals surface area contributed by atoms with Crippen LogP contribution in [0.3, 0.4) is 0 Å². The molecule has 2 aromatic carbocycles. The molecule has 0 aliphatic heterocycles. The number of carbonyl (C=O) groups is 2. The summed E-state index contributed by atoms with van der Waals surface area (Å²) in [7, 11) is -3.55. The zero-order chi connectivity index (χ0) is 26.9. The van der Waals surface area contributed by atoms with Gasteiger partial charge >= 0.3 is 0 Å². The molecule has 0 fully saturated rings. The van der Waals surface area contributed by atoms with Crippen LogP contribution in [0.2, 0.25) is 10.0 Å². The van der Waals surface area contributed by atoms with Gasteiger partial charge in [0.15, 0.2) is 0 Å². The molecule has 36 heavy (non-hydrogen) atoms. The monoisotopic (exact) mass is 555 g/mol. The fraction of sp³-hybridized carbons (Fsp3) is 0.462. The Morgan fingerprint density at radius 3 is 2.17 bits per heavy atom. The number of aryl methyl sites for hydroxylation is 1. The van der Waals surface area contributed by atoms with E-state index in [-0.39, 0.29) is 37.7 Å². The Morgan fingerprint density at radius 1 is 1.03 bits per heavy atom. The van der Waals surface area contributed by atoms with E-state index in [9.17, 15) is 18.0 Å². The van der Waals surface area contributed by atoms with Crippen molar-refractivity contribution in [3.8, 4) is 0 Å². The van der Waals surface area contributed by atoms with E-state index >= 15 is 0 Å². The number of benzene rings is 2. The van der Waals surface area contributed by atoms with E-state index in [1.54, 1.807) is 37.3 Å². The predicted octanol–water partition coefficient (Wildman–Crippen LogP) is 5.05. The maximum Gasteiger partial charge on any atom is 0.242 e. The number of halogens is 2. The lowest BCUT2D eigenvalue weighted by molar-refractivity contribution is -0.140. The van der Waals surface area contributed by atoms with E-state index in [0.717, 1.165) is 24.7 Å². The highest BCUT2D eigenvalue weighted by Crippen LogP contribution is 2.27. The number of hydrogen-bond acceptors (Lipinski definition) is 4. The highest BCUT2D eigenvalue weighted by Gasteiger charge is 2.27. The quantitative estimate of drug-likeness (QED) is 0.374. The standard InChI is InChI=1S/C26H35Cl2N3O4S/c1-5-16-29-26(33)19(3)30(18-22-23(27)9-7-10-24(22)28)25(32)11-8-17-31(36(4,34)35)21-14-12-20(6-2)13-15-21/h7,9-10,12-15,19H,5-6,8,11,16-18H2,1-4H3,(H,29,33). The van der Waals surface area contributed by atoms with Crippen molar-refractivity contribution in [3.63, 3.8) is 0 Å². The number of anilines is 1. The Bertz CT molecular complexity index is 1120. The molecular formula is C26H35Cl2N3O4S. The lowest BCUT2D eigenvalue weighted by Gasteiger charge is -2.30. The van der Waals surface area contributed by atoms with Crippen molar-refractivity contribution >= 4 is 50.7 Å². The minimum absolute atomic E-state index is 0.0481. The van der Waals surface area contributed by atoms with Gasteiger partial charge in [0.05, 0.1) is 11.9 Å². The van der Waals surface area contributed by atoms with Crippen LogP contribution in [0, 0.1) is 0 Å². The third kappa shape index (κ3) is 8.39. The normalized spacial score (nSPS) is 12.2. The Hall–Kier alpha value is -2.29. The molecule has 0 radical (unpaired) electrons. The van der Waals surface area contributed by atoms with E-state index in [2.05, 4.69) is 5.32 Å². The van der Waals surface area contributed by atoms with Gasteiger partial charge in [-0.3, -0.25) is 13.9 Å². The van der Waals surface area contributed by atoms with Gasteiger partial charge in [-0.05, 0) is 56.0 Å². The molecule has 0 spiro atoms. The van der Waals surface area contributed by atoms with Crippen LogP contribution in [-0.4, -0.2) is 50.5 Å². The van der Waals surface area contributed by atoms with Crippen LogP contribution in [0.1, 0.15) is 51.2 Å². The Kier molecular flexibility index (Phi) is 11.5. The van der Waals surface area contributed by atoms with Gasteiger partial charge < -0.3 is 10.2 Å². The molecule has 0 saturated carbocycles. The number of carbonyl (C=O) groups excluding carboxylic acids is 2. The molecule has 2 aromatic rings. The van der Waals surface area contributed by atoms with Gasteiger partial charge in [0, 0.05) is 41.7 Å². The zero-order valence-electron chi connectivity index (χ0n) is 21.3. The van der Waals surface area contributed by atoms with Crippen LogP contribution in [0.25, 0.3) is 0 Å². The molecule has 1 N–H and O–H groups in total. The largest absolute Gasteiger partial charge is 0.354 e. The molecule has 0 bridgehead atoms. The van der Waals surface area contributed by atoms with Gasteiger partial charge in [0.25, 0.3) is 0 Å². The topological polar surface area (TPSA) is 86.8 Å². The maximum atomic E-state index is 13.3. The fourth-order valence-electron chi connectivity index (χ4n) is 3.73. The number of nitrogens with one attached hydrogen (secondary N) is 1. The first kappa shape index (κ1) is 29.9. The lowest BCUT2D eigenvalue weighted by atomic mass is 10.1. The minimum Gasteiger partial charge on any atom is -0.354 e. The first-order valence-corrected chi connectivity index (χ1v) is 14.7. The molecule has 7 nitrogen and oxygen atoms in total. The minimum atomic E-state index is -3.55. The van der Waals surface area contributed by atoms with Gasteiger partial charge in [-0.1, -0.05) is 55.2 Å². The molecule has 198 valence electrons. The summed E-state index contributed by atoms with van der Waals surface area (Å²) in [6, 6.07) is 11.6. The fourth-order valence-corrected chi connectivity index (χ4v) is 5.22. The second-order valence-electron chi connectivity index (χ2n) is 8.65. The van der Waals surface area contributed by atoms with E-state index in [1.807, 2.05) is 26.0 Å². The highest BCUT2D eigenvalue weighted by atomic mass is 35.5. The number of sulfonamides is 1. The summed E-state index contributed by atoms with van der Waals surface area (Å²) >= 11 is 12.7. The summed E-state index contributed by atoms with van der Waals surface area (Å²) in [6.45, 7) is 6.32. The summed E-state index contributed by atoms with van der Waals surface area (Å²) in [4.78, 5) is 27.5. The molecule has 2 rings (SSSR count). The molecule has 0 aliphatic rings. The number of hydrogen-bond donors (Lipinski definition) is 1. The smallest absolute Gasteiger partial charge is 0.242 e. The third-order valence-corrected chi connectivity index (χ3v) is 7.79. The van der Waals surface area contributed by atoms with Crippen molar-refractivity contribution in [2.24, 2.45) is 0 Å². The highest BCUT2D eigenvalue weighted by molar-refractivity contribution is 7.92. The number of rotatable bonds is 13. The second-order valence-corrected chi connectivity index (χ2v) is 11.4. The van der Waals surface area contributed by atoms with Crippen molar-refractivity contribution in [3.05, 3.63) is 63.6 Å². The SMILES string of the molecule is CCCNC(=O)C(C)N(Cc1c(Cl)cccc1Cl)C(=O)CCCN(c1ccc(CC)cc1)S(C)(=O)=O. The van der Waals surface area contributed by atoms with Crippen LogP contribution in [-0.2, 0) is 32.6 Å². The molecule has 10 heteroatoms.